The van der Waals surface area contributed by atoms with Gasteiger partial charge in [-0.15, -0.1) is 0 Å². The molecule has 1 rings (SSSR count). The van der Waals surface area contributed by atoms with Crippen LogP contribution >= 0.6 is 23.2 Å². The molecule has 0 heterocycles. The lowest BCUT2D eigenvalue weighted by molar-refractivity contribution is 0.0770. The number of nitrogens with zero attached hydrogens (tertiary/aromatic N) is 2. The number of rotatable bonds is 7. The Labute approximate surface area is 123 Å². The van der Waals surface area contributed by atoms with Crippen molar-refractivity contribution < 1.29 is 9.84 Å². The summed E-state index contributed by atoms with van der Waals surface area (Å²) in [6.07, 6.45) is -0.239. The first kappa shape index (κ1) is 16.1. The number of halogens is 2. The molecule has 0 bridgehead atoms. The number of likely N-dealkylation sites (N-methyl/N-ethyl adjacent to an activating group) is 1. The maximum Gasteiger partial charge on any atom is 0.156 e. The second-order valence-electron chi connectivity index (χ2n) is 4.19. The van der Waals surface area contributed by atoms with Crippen LogP contribution in [-0.2, 0) is 0 Å². The maximum absolute atomic E-state index is 9.83. The zero-order valence-electron chi connectivity index (χ0n) is 10.6. The summed E-state index contributed by atoms with van der Waals surface area (Å²) in [4.78, 5) is 1.87. The van der Waals surface area contributed by atoms with E-state index in [1.165, 1.54) is 0 Å². The SMILES string of the molecule is CN(CCC#N)CC(O)COc1c(Cl)cccc1Cl. The van der Waals surface area contributed by atoms with E-state index in [9.17, 15) is 5.11 Å². The smallest absolute Gasteiger partial charge is 0.156 e. The van der Waals surface area contributed by atoms with Gasteiger partial charge >= 0.3 is 0 Å². The van der Waals surface area contributed by atoms with Crippen LogP contribution in [0.3, 0.4) is 0 Å². The minimum absolute atomic E-state index is 0.0976. The van der Waals surface area contributed by atoms with Gasteiger partial charge in [-0.3, -0.25) is 0 Å². The molecule has 0 aliphatic rings. The summed E-state index contributed by atoms with van der Waals surface area (Å²) in [5.41, 5.74) is 0. The van der Waals surface area contributed by atoms with Crippen molar-refractivity contribution in [3.05, 3.63) is 28.2 Å². The summed E-state index contributed by atoms with van der Waals surface area (Å²) in [7, 11) is 1.84. The molecule has 1 atom stereocenters. The fourth-order valence-electron chi connectivity index (χ4n) is 1.54. The number of aliphatic hydroxyl groups excluding tert-OH is 1. The molecular weight excluding hydrogens is 287 g/mol. The van der Waals surface area contributed by atoms with Gasteiger partial charge in [0.25, 0.3) is 0 Å². The Morgan fingerprint density at radius 3 is 2.63 bits per heavy atom. The van der Waals surface area contributed by atoms with Crippen LogP contribution < -0.4 is 4.74 Å². The van der Waals surface area contributed by atoms with Crippen molar-refractivity contribution in [3.63, 3.8) is 0 Å². The van der Waals surface area contributed by atoms with Crippen molar-refractivity contribution in [3.8, 4) is 11.8 Å². The first-order valence-corrected chi connectivity index (χ1v) is 6.60. The zero-order chi connectivity index (χ0) is 14.3. The molecule has 4 nitrogen and oxygen atoms in total. The van der Waals surface area contributed by atoms with Gasteiger partial charge in [-0.2, -0.15) is 5.26 Å². The van der Waals surface area contributed by atoms with Crippen molar-refractivity contribution in [2.75, 3.05) is 26.7 Å². The highest BCUT2D eigenvalue weighted by Gasteiger charge is 2.12. The third-order valence-electron chi connectivity index (χ3n) is 2.47. The van der Waals surface area contributed by atoms with Crippen LogP contribution in [0, 0.1) is 11.3 Å². The second-order valence-corrected chi connectivity index (χ2v) is 5.00. The molecule has 0 fully saturated rings. The predicted octanol–water partition coefficient (Wildman–Crippen LogP) is 2.58. The van der Waals surface area contributed by atoms with Gasteiger partial charge in [-0.05, 0) is 19.2 Å². The molecule has 0 saturated heterocycles. The first-order chi connectivity index (χ1) is 9.04. The fourth-order valence-corrected chi connectivity index (χ4v) is 2.05. The number of hydrogen-bond donors (Lipinski definition) is 1. The van der Waals surface area contributed by atoms with Crippen molar-refractivity contribution >= 4 is 23.2 Å². The Morgan fingerprint density at radius 1 is 1.42 bits per heavy atom. The molecule has 1 aromatic carbocycles. The van der Waals surface area contributed by atoms with Crippen molar-refractivity contribution in [1.29, 1.82) is 5.26 Å². The lowest BCUT2D eigenvalue weighted by atomic mass is 10.3. The third-order valence-corrected chi connectivity index (χ3v) is 3.06. The van der Waals surface area contributed by atoms with Gasteiger partial charge in [0, 0.05) is 19.5 Å². The Morgan fingerprint density at radius 2 is 2.05 bits per heavy atom. The Hall–Kier alpha value is -0.990. The normalized spacial score (nSPS) is 12.2. The number of para-hydroxylation sites is 1. The van der Waals surface area contributed by atoms with E-state index in [-0.39, 0.29) is 6.61 Å². The van der Waals surface area contributed by atoms with Crippen LogP contribution in [0.1, 0.15) is 6.42 Å². The number of benzene rings is 1. The van der Waals surface area contributed by atoms with Gasteiger partial charge in [0.05, 0.1) is 16.1 Å². The van der Waals surface area contributed by atoms with Gasteiger partial charge in [0.15, 0.2) is 5.75 Å². The monoisotopic (exact) mass is 302 g/mol. The molecule has 0 aliphatic carbocycles. The van der Waals surface area contributed by atoms with E-state index in [2.05, 4.69) is 6.07 Å². The van der Waals surface area contributed by atoms with Gasteiger partial charge in [0.1, 0.15) is 12.7 Å². The standard InChI is InChI=1S/C13H16Cl2N2O2/c1-17(7-3-6-16)8-10(18)9-19-13-11(14)4-2-5-12(13)15/h2,4-5,10,18H,3,7-9H2,1H3. The van der Waals surface area contributed by atoms with Crippen LogP contribution in [0.2, 0.25) is 10.0 Å². The molecule has 6 heteroatoms. The number of nitriles is 1. The van der Waals surface area contributed by atoms with E-state index in [0.717, 1.165) is 0 Å². The minimum Gasteiger partial charge on any atom is -0.488 e. The molecule has 1 unspecified atom stereocenters. The zero-order valence-corrected chi connectivity index (χ0v) is 12.2. The predicted molar refractivity (Wildman–Crippen MR) is 75.7 cm³/mol. The molecule has 0 aromatic heterocycles. The molecule has 104 valence electrons. The first-order valence-electron chi connectivity index (χ1n) is 5.85. The summed E-state index contributed by atoms with van der Waals surface area (Å²) in [5, 5.41) is 19.1. The number of ether oxygens (including phenoxy) is 1. The number of hydrogen-bond acceptors (Lipinski definition) is 4. The highest BCUT2D eigenvalue weighted by molar-refractivity contribution is 6.37. The van der Waals surface area contributed by atoms with Crippen molar-refractivity contribution in [1.82, 2.24) is 4.90 Å². The highest BCUT2D eigenvalue weighted by atomic mass is 35.5. The van der Waals surface area contributed by atoms with E-state index in [1.807, 2.05) is 11.9 Å². The van der Waals surface area contributed by atoms with E-state index in [0.29, 0.717) is 35.3 Å². The van der Waals surface area contributed by atoms with Crippen molar-refractivity contribution in [2.45, 2.75) is 12.5 Å². The molecular formula is C13H16Cl2N2O2. The van der Waals surface area contributed by atoms with Crippen LogP contribution in [-0.4, -0.2) is 42.9 Å². The van der Waals surface area contributed by atoms with Crippen LogP contribution in [0.25, 0.3) is 0 Å². The van der Waals surface area contributed by atoms with Crippen LogP contribution in [0.15, 0.2) is 18.2 Å². The molecule has 19 heavy (non-hydrogen) atoms. The lowest BCUT2D eigenvalue weighted by Gasteiger charge is -2.20. The van der Waals surface area contributed by atoms with Crippen LogP contribution in [0.5, 0.6) is 5.75 Å². The molecule has 1 N–H and O–H groups in total. The van der Waals surface area contributed by atoms with E-state index in [1.54, 1.807) is 18.2 Å². The topological polar surface area (TPSA) is 56.5 Å². The molecule has 0 spiro atoms. The molecule has 0 radical (unpaired) electrons. The molecule has 0 amide bonds. The average Bonchev–Trinajstić information content (AvgIpc) is 2.35. The Balaban J connectivity index is 2.42. The summed E-state index contributed by atoms with van der Waals surface area (Å²) in [5.74, 6) is 0.379. The molecule has 0 saturated carbocycles. The molecule has 1 aromatic rings. The van der Waals surface area contributed by atoms with Gasteiger partial charge in [0.2, 0.25) is 0 Å². The van der Waals surface area contributed by atoms with Crippen molar-refractivity contribution in [2.24, 2.45) is 0 Å². The third kappa shape index (κ3) is 5.66. The average molecular weight is 303 g/mol. The lowest BCUT2D eigenvalue weighted by Crippen LogP contribution is -2.33. The van der Waals surface area contributed by atoms with Gasteiger partial charge < -0.3 is 14.7 Å². The Kier molecular flexibility index (Phi) is 6.96. The minimum atomic E-state index is -0.670. The summed E-state index contributed by atoms with van der Waals surface area (Å²) in [6.45, 7) is 1.13. The van der Waals surface area contributed by atoms with E-state index in [4.69, 9.17) is 33.2 Å². The van der Waals surface area contributed by atoms with Gasteiger partial charge in [-0.25, -0.2) is 0 Å². The molecule has 0 aliphatic heterocycles. The summed E-state index contributed by atoms with van der Waals surface area (Å²) >= 11 is 11.9. The highest BCUT2D eigenvalue weighted by Crippen LogP contribution is 2.32. The largest absolute Gasteiger partial charge is 0.488 e. The fraction of sp³-hybridized carbons (Fsp3) is 0.462. The Bertz CT molecular complexity index is 429. The van der Waals surface area contributed by atoms with E-state index >= 15 is 0 Å². The maximum atomic E-state index is 9.83. The van der Waals surface area contributed by atoms with E-state index < -0.39 is 6.10 Å². The summed E-state index contributed by atoms with van der Waals surface area (Å²) in [6, 6.07) is 7.13. The quantitative estimate of drug-likeness (QED) is 0.841. The summed E-state index contributed by atoms with van der Waals surface area (Å²) < 4.78 is 5.43. The van der Waals surface area contributed by atoms with Crippen LogP contribution in [0.4, 0.5) is 0 Å². The van der Waals surface area contributed by atoms with Gasteiger partial charge in [-0.1, -0.05) is 29.3 Å². The number of aliphatic hydroxyl groups is 1. The second kappa shape index (κ2) is 8.23.